The van der Waals surface area contributed by atoms with Crippen LogP contribution in [0.4, 0.5) is 0 Å². The van der Waals surface area contributed by atoms with Crippen molar-refractivity contribution in [3.05, 3.63) is 101 Å². The van der Waals surface area contributed by atoms with Crippen LogP contribution >= 0.6 is 0 Å². The first-order valence-corrected chi connectivity index (χ1v) is 12.5. The second kappa shape index (κ2) is 11.7. The zero-order chi connectivity index (χ0) is 25.5. The van der Waals surface area contributed by atoms with Crippen LogP contribution in [0.3, 0.4) is 0 Å². The highest BCUT2D eigenvalue weighted by Crippen LogP contribution is 2.29. The third-order valence-electron chi connectivity index (χ3n) is 6.48. The standard InChI is InChI=1S/C30H33N3O3/c1-4-5-7-20-28(34)32(21-23-14-8-6-9-15-23)22(2)29-31-25-17-11-10-16-24(25)30(35)33(29)26-18-12-13-19-27(26)36-3/h6,8-19,22H,4-5,7,20-21H2,1-3H3. The summed E-state index contributed by atoms with van der Waals surface area (Å²) in [6.45, 7) is 4.50. The predicted molar refractivity (Wildman–Crippen MR) is 143 cm³/mol. The highest BCUT2D eigenvalue weighted by atomic mass is 16.5. The van der Waals surface area contributed by atoms with E-state index in [0.717, 1.165) is 24.8 Å². The molecule has 0 aliphatic carbocycles. The topological polar surface area (TPSA) is 64.4 Å². The summed E-state index contributed by atoms with van der Waals surface area (Å²) in [5.74, 6) is 1.12. The fraction of sp³-hybridized carbons (Fsp3) is 0.300. The number of carbonyl (C=O) groups excluding carboxylic acids is 1. The Balaban J connectivity index is 1.88. The molecule has 3 aromatic carbocycles. The molecule has 0 bridgehead atoms. The van der Waals surface area contributed by atoms with Gasteiger partial charge in [-0.1, -0.05) is 74.4 Å². The van der Waals surface area contributed by atoms with Gasteiger partial charge in [0, 0.05) is 13.0 Å². The van der Waals surface area contributed by atoms with Crippen LogP contribution in [0.25, 0.3) is 16.6 Å². The van der Waals surface area contributed by atoms with E-state index in [0.29, 0.717) is 41.1 Å². The average Bonchev–Trinajstić information content (AvgIpc) is 2.92. The van der Waals surface area contributed by atoms with Crippen molar-refractivity contribution >= 4 is 16.8 Å². The molecule has 36 heavy (non-hydrogen) atoms. The van der Waals surface area contributed by atoms with Crippen LogP contribution in [0.5, 0.6) is 5.75 Å². The lowest BCUT2D eigenvalue weighted by Gasteiger charge is -2.31. The molecule has 1 atom stereocenters. The number of aromatic nitrogens is 2. The predicted octanol–water partition coefficient (Wildman–Crippen LogP) is 6.06. The van der Waals surface area contributed by atoms with Crippen LogP contribution in [-0.4, -0.2) is 27.5 Å². The molecule has 0 saturated heterocycles. The van der Waals surface area contributed by atoms with E-state index in [4.69, 9.17) is 9.72 Å². The van der Waals surface area contributed by atoms with Gasteiger partial charge in [0.2, 0.25) is 5.91 Å². The summed E-state index contributed by atoms with van der Waals surface area (Å²) in [7, 11) is 1.58. The number of hydrogen-bond acceptors (Lipinski definition) is 4. The number of hydrogen-bond donors (Lipinski definition) is 0. The Morgan fingerprint density at radius 3 is 2.42 bits per heavy atom. The van der Waals surface area contributed by atoms with E-state index in [9.17, 15) is 9.59 Å². The number of ether oxygens (including phenoxy) is 1. The highest BCUT2D eigenvalue weighted by Gasteiger charge is 2.27. The van der Waals surface area contributed by atoms with Crippen LogP contribution in [0.15, 0.2) is 83.7 Å². The zero-order valence-electron chi connectivity index (χ0n) is 21.2. The number of benzene rings is 3. The normalized spacial score (nSPS) is 11.9. The average molecular weight is 484 g/mol. The van der Waals surface area contributed by atoms with Gasteiger partial charge in [0.1, 0.15) is 11.6 Å². The van der Waals surface area contributed by atoms with Crippen molar-refractivity contribution in [1.82, 2.24) is 14.5 Å². The van der Waals surface area contributed by atoms with Gasteiger partial charge >= 0.3 is 0 Å². The smallest absolute Gasteiger partial charge is 0.266 e. The van der Waals surface area contributed by atoms with Crippen molar-refractivity contribution in [2.24, 2.45) is 0 Å². The molecule has 1 heterocycles. The van der Waals surface area contributed by atoms with Gasteiger partial charge in [-0.15, -0.1) is 0 Å². The van der Waals surface area contributed by atoms with E-state index in [1.54, 1.807) is 17.7 Å². The molecule has 6 nitrogen and oxygen atoms in total. The second-order valence-electron chi connectivity index (χ2n) is 8.94. The lowest BCUT2D eigenvalue weighted by Crippen LogP contribution is -2.37. The molecule has 1 aromatic heterocycles. The van der Waals surface area contributed by atoms with Gasteiger partial charge in [-0.25, -0.2) is 4.98 Å². The number of methoxy groups -OCH3 is 1. The molecule has 186 valence electrons. The minimum absolute atomic E-state index is 0.0498. The van der Waals surface area contributed by atoms with Crippen molar-refractivity contribution in [1.29, 1.82) is 0 Å². The third kappa shape index (κ3) is 5.33. The van der Waals surface area contributed by atoms with Crippen molar-refractivity contribution in [3.8, 4) is 11.4 Å². The van der Waals surface area contributed by atoms with E-state index < -0.39 is 6.04 Å². The molecule has 4 aromatic rings. The van der Waals surface area contributed by atoms with Crippen LogP contribution in [-0.2, 0) is 11.3 Å². The Morgan fingerprint density at radius 2 is 1.67 bits per heavy atom. The second-order valence-corrected chi connectivity index (χ2v) is 8.94. The Morgan fingerprint density at radius 1 is 0.972 bits per heavy atom. The van der Waals surface area contributed by atoms with E-state index >= 15 is 0 Å². The Bertz CT molecular complexity index is 1380. The number of carbonyl (C=O) groups is 1. The van der Waals surface area contributed by atoms with Crippen molar-refractivity contribution in [2.75, 3.05) is 7.11 Å². The van der Waals surface area contributed by atoms with Gasteiger partial charge in [-0.3, -0.25) is 14.2 Å². The van der Waals surface area contributed by atoms with E-state index in [1.165, 1.54) is 0 Å². The molecule has 0 aliphatic heterocycles. The van der Waals surface area contributed by atoms with Gasteiger partial charge < -0.3 is 9.64 Å². The molecule has 0 saturated carbocycles. The Labute approximate surface area is 212 Å². The first-order valence-electron chi connectivity index (χ1n) is 12.5. The Hall–Kier alpha value is -3.93. The van der Waals surface area contributed by atoms with Gasteiger partial charge in [0.25, 0.3) is 5.56 Å². The van der Waals surface area contributed by atoms with Crippen LogP contribution in [0.2, 0.25) is 0 Å². The molecule has 1 unspecified atom stereocenters. The maximum Gasteiger partial charge on any atom is 0.266 e. The molecule has 6 heteroatoms. The molecule has 0 fully saturated rings. The lowest BCUT2D eigenvalue weighted by molar-refractivity contribution is -0.134. The summed E-state index contributed by atoms with van der Waals surface area (Å²) in [6.07, 6.45) is 3.33. The van der Waals surface area contributed by atoms with Crippen LogP contribution in [0.1, 0.15) is 57.0 Å². The van der Waals surface area contributed by atoms with Gasteiger partial charge in [-0.05, 0) is 43.2 Å². The molecule has 4 rings (SSSR count). The summed E-state index contributed by atoms with van der Waals surface area (Å²) >= 11 is 0. The van der Waals surface area contributed by atoms with Gasteiger partial charge in [-0.2, -0.15) is 0 Å². The third-order valence-corrected chi connectivity index (χ3v) is 6.48. The molecule has 0 aliphatic rings. The van der Waals surface area contributed by atoms with Crippen LogP contribution < -0.4 is 10.3 Å². The first kappa shape index (κ1) is 25.2. The number of rotatable bonds is 10. The van der Waals surface area contributed by atoms with Gasteiger partial charge in [0.15, 0.2) is 0 Å². The van der Waals surface area contributed by atoms with Crippen LogP contribution in [0, 0.1) is 0 Å². The van der Waals surface area contributed by atoms with E-state index in [-0.39, 0.29) is 11.5 Å². The molecule has 0 spiro atoms. The van der Waals surface area contributed by atoms with Crippen molar-refractivity contribution in [2.45, 2.75) is 52.1 Å². The fourth-order valence-corrected chi connectivity index (χ4v) is 4.51. The quantitative estimate of drug-likeness (QED) is 0.257. The summed E-state index contributed by atoms with van der Waals surface area (Å²) in [5, 5.41) is 0.517. The number of unbranched alkanes of at least 4 members (excludes halogenated alkanes) is 2. The summed E-state index contributed by atoms with van der Waals surface area (Å²) in [5.41, 5.74) is 2.04. The molecular weight excluding hydrogens is 450 g/mol. The molecule has 1 amide bonds. The SMILES string of the molecule is CCCCCC(=O)N(Cc1ccccc1)C(C)c1nc2ccccc2c(=O)n1-c1ccccc1OC. The minimum atomic E-state index is -0.457. The zero-order valence-corrected chi connectivity index (χ0v) is 21.2. The first-order chi connectivity index (χ1) is 17.5. The van der Waals surface area contributed by atoms with Crippen molar-refractivity contribution in [3.63, 3.8) is 0 Å². The summed E-state index contributed by atoms with van der Waals surface area (Å²) < 4.78 is 7.20. The summed E-state index contributed by atoms with van der Waals surface area (Å²) in [6, 6.07) is 24.2. The minimum Gasteiger partial charge on any atom is -0.495 e. The highest BCUT2D eigenvalue weighted by molar-refractivity contribution is 5.79. The maximum atomic E-state index is 13.8. The fourth-order valence-electron chi connectivity index (χ4n) is 4.51. The van der Waals surface area contributed by atoms with Crippen molar-refractivity contribution < 1.29 is 9.53 Å². The maximum absolute atomic E-state index is 13.8. The largest absolute Gasteiger partial charge is 0.495 e. The van der Waals surface area contributed by atoms with E-state index in [2.05, 4.69) is 6.92 Å². The van der Waals surface area contributed by atoms with E-state index in [1.807, 2.05) is 84.6 Å². The molecule has 0 radical (unpaired) electrons. The summed E-state index contributed by atoms with van der Waals surface area (Å²) in [4.78, 5) is 34.2. The number of para-hydroxylation sites is 3. The van der Waals surface area contributed by atoms with Gasteiger partial charge in [0.05, 0.1) is 29.7 Å². The Kier molecular flexibility index (Phi) is 8.16. The monoisotopic (exact) mass is 483 g/mol. The number of nitrogens with zero attached hydrogens (tertiary/aromatic N) is 3. The number of amides is 1. The molecular formula is C30H33N3O3. The lowest BCUT2D eigenvalue weighted by atomic mass is 10.1. The number of fused-ring (bicyclic) bond motifs is 1. The molecule has 0 N–H and O–H groups in total.